The zero-order chi connectivity index (χ0) is 21.0. The van der Waals surface area contributed by atoms with Crippen molar-refractivity contribution in [3.63, 3.8) is 0 Å². The number of anilines is 2. The molecule has 0 fully saturated rings. The molecule has 0 saturated carbocycles. The lowest BCUT2D eigenvalue weighted by Gasteiger charge is -2.25. The van der Waals surface area contributed by atoms with Gasteiger partial charge < -0.3 is 5.32 Å². The van der Waals surface area contributed by atoms with E-state index in [2.05, 4.69) is 5.32 Å². The normalized spacial score (nSPS) is 11.1. The average molecular weight is 429 g/mol. The predicted molar refractivity (Wildman–Crippen MR) is 117 cm³/mol. The van der Waals surface area contributed by atoms with Gasteiger partial charge in [0.15, 0.2) is 0 Å². The lowest BCUT2D eigenvalue weighted by Crippen LogP contribution is -2.38. The van der Waals surface area contributed by atoms with Gasteiger partial charge in [0.25, 0.3) is 10.0 Å². The Kier molecular flexibility index (Phi) is 6.25. The van der Waals surface area contributed by atoms with Crippen LogP contribution in [0.1, 0.15) is 11.1 Å². The monoisotopic (exact) mass is 428 g/mol. The van der Waals surface area contributed by atoms with E-state index in [4.69, 9.17) is 11.6 Å². The van der Waals surface area contributed by atoms with E-state index >= 15 is 0 Å². The average Bonchev–Trinajstić information content (AvgIpc) is 2.69. The van der Waals surface area contributed by atoms with E-state index in [1.54, 1.807) is 55.5 Å². The van der Waals surface area contributed by atoms with E-state index in [1.807, 2.05) is 19.1 Å². The van der Waals surface area contributed by atoms with Gasteiger partial charge in [-0.15, -0.1) is 0 Å². The van der Waals surface area contributed by atoms with Crippen LogP contribution in [-0.2, 0) is 14.8 Å². The summed E-state index contributed by atoms with van der Waals surface area (Å²) in [6.45, 7) is 3.34. The second-order valence-corrected chi connectivity index (χ2v) is 8.97. The molecule has 0 unspecified atom stereocenters. The minimum absolute atomic E-state index is 0.109. The van der Waals surface area contributed by atoms with Gasteiger partial charge in [0.2, 0.25) is 5.91 Å². The van der Waals surface area contributed by atoms with Crippen molar-refractivity contribution in [1.29, 1.82) is 0 Å². The van der Waals surface area contributed by atoms with Crippen molar-refractivity contribution in [1.82, 2.24) is 0 Å². The van der Waals surface area contributed by atoms with E-state index < -0.39 is 15.9 Å². The van der Waals surface area contributed by atoms with Gasteiger partial charge in [-0.25, -0.2) is 8.42 Å². The molecule has 1 N–H and O–H groups in total. The molecule has 0 aliphatic heterocycles. The summed E-state index contributed by atoms with van der Waals surface area (Å²) in [5, 5.41) is 3.25. The topological polar surface area (TPSA) is 66.5 Å². The molecule has 150 valence electrons. The van der Waals surface area contributed by atoms with Crippen molar-refractivity contribution < 1.29 is 13.2 Å². The number of halogens is 1. The Morgan fingerprint density at radius 3 is 2.24 bits per heavy atom. The van der Waals surface area contributed by atoms with Crippen LogP contribution in [0.2, 0.25) is 5.02 Å². The lowest BCUT2D eigenvalue weighted by molar-refractivity contribution is -0.114. The SMILES string of the molecule is Cc1ccc(NC(=O)CN(c2ccc(Cl)cc2C)S(=O)(=O)c2ccccc2)cc1. The molecule has 0 bridgehead atoms. The molecule has 0 aliphatic carbocycles. The maximum atomic E-state index is 13.3. The summed E-state index contributed by atoms with van der Waals surface area (Å²) < 4.78 is 27.7. The van der Waals surface area contributed by atoms with Crippen LogP contribution in [0.25, 0.3) is 0 Å². The number of carbonyl (C=O) groups is 1. The summed E-state index contributed by atoms with van der Waals surface area (Å²) in [5.74, 6) is -0.442. The quantitative estimate of drug-likeness (QED) is 0.613. The number of aryl methyl sites for hydroxylation is 2. The lowest BCUT2D eigenvalue weighted by atomic mass is 10.2. The van der Waals surface area contributed by atoms with Gasteiger partial charge in [-0.05, 0) is 61.9 Å². The van der Waals surface area contributed by atoms with Crippen molar-refractivity contribution >= 4 is 38.9 Å². The number of hydrogen-bond donors (Lipinski definition) is 1. The highest BCUT2D eigenvalue weighted by Gasteiger charge is 2.28. The molecule has 0 aromatic heterocycles. The van der Waals surface area contributed by atoms with Crippen LogP contribution >= 0.6 is 11.6 Å². The molecule has 0 spiro atoms. The van der Waals surface area contributed by atoms with Gasteiger partial charge in [0, 0.05) is 10.7 Å². The van der Waals surface area contributed by atoms with E-state index in [9.17, 15) is 13.2 Å². The Morgan fingerprint density at radius 2 is 1.62 bits per heavy atom. The van der Waals surface area contributed by atoms with Crippen LogP contribution in [0.5, 0.6) is 0 Å². The molecular weight excluding hydrogens is 408 g/mol. The van der Waals surface area contributed by atoms with Crippen LogP contribution in [-0.4, -0.2) is 20.9 Å². The highest BCUT2D eigenvalue weighted by molar-refractivity contribution is 7.92. The molecular formula is C22H21ClN2O3S. The summed E-state index contributed by atoms with van der Waals surface area (Å²) in [5.41, 5.74) is 2.72. The molecule has 0 radical (unpaired) electrons. The van der Waals surface area contributed by atoms with Gasteiger partial charge in [0.1, 0.15) is 6.54 Å². The number of carbonyl (C=O) groups excluding carboxylic acids is 1. The molecule has 5 nitrogen and oxygen atoms in total. The fraction of sp³-hybridized carbons (Fsp3) is 0.136. The van der Waals surface area contributed by atoms with Crippen molar-refractivity contribution in [2.45, 2.75) is 18.7 Å². The van der Waals surface area contributed by atoms with Crippen LogP contribution in [0, 0.1) is 13.8 Å². The number of benzene rings is 3. The largest absolute Gasteiger partial charge is 0.325 e. The first-order chi connectivity index (χ1) is 13.8. The van der Waals surface area contributed by atoms with Crippen molar-refractivity contribution in [2.75, 3.05) is 16.2 Å². The smallest absolute Gasteiger partial charge is 0.264 e. The number of sulfonamides is 1. The third-order valence-electron chi connectivity index (χ3n) is 4.38. The molecule has 29 heavy (non-hydrogen) atoms. The van der Waals surface area contributed by atoms with Crippen molar-refractivity contribution in [2.24, 2.45) is 0 Å². The molecule has 0 heterocycles. The Hall–Kier alpha value is -2.83. The summed E-state index contributed by atoms with van der Waals surface area (Å²) in [4.78, 5) is 12.8. The van der Waals surface area contributed by atoms with Gasteiger partial charge in [-0.2, -0.15) is 0 Å². The molecule has 7 heteroatoms. The fourth-order valence-corrected chi connectivity index (χ4v) is 4.62. The first-order valence-corrected chi connectivity index (χ1v) is 10.8. The summed E-state index contributed by atoms with van der Waals surface area (Å²) >= 11 is 6.03. The van der Waals surface area contributed by atoms with Crippen molar-refractivity contribution in [3.05, 3.63) is 88.9 Å². The maximum Gasteiger partial charge on any atom is 0.264 e. The zero-order valence-corrected chi connectivity index (χ0v) is 17.7. The molecule has 0 atom stereocenters. The molecule has 3 aromatic rings. The minimum atomic E-state index is -3.95. The Labute approximate surface area is 176 Å². The number of nitrogens with one attached hydrogen (secondary N) is 1. The highest BCUT2D eigenvalue weighted by atomic mass is 35.5. The molecule has 0 saturated heterocycles. The third-order valence-corrected chi connectivity index (χ3v) is 6.39. The highest BCUT2D eigenvalue weighted by Crippen LogP contribution is 2.29. The first-order valence-electron chi connectivity index (χ1n) is 8.98. The van der Waals surface area contributed by atoms with Crippen LogP contribution in [0.3, 0.4) is 0 Å². The van der Waals surface area contributed by atoms with Gasteiger partial charge in [0.05, 0.1) is 10.6 Å². The predicted octanol–water partition coefficient (Wildman–Crippen LogP) is 4.79. The third kappa shape index (κ3) is 4.96. The Balaban J connectivity index is 1.96. The van der Waals surface area contributed by atoms with Crippen molar-refractivity contribution in [3.8, 4) is 0 Å². The summed E-state index contributed by atoms with van der Waals surface area (Å²) in [6.07, 6.45) is 0. The van der Waals surface area contributed by atoms with Crippen LogP contribution in [0.4, 0.5) is 11.4 Å². The van der Waals surface area contributed by atoms with E-state index in [0.29, 0.717) is 22.0 Å². The fourth-order valence-electron chi connectivity index (χ4n) is 2.89. The molecule has 3 rings (SSSR count). The minimum Gasteiger partial charge on any atom is -0.325 e. The number of rotatable bonds is 6. The van der Waals surface area contributed by atoms with Gasteiger partial charge >= 0.3 is 0 Å². The molecule has 3 aromatic carbocycles. The van der Waals surface area contributed by atoms with Crippen LogP contribution < -0.4 is 9.62 Å². The van der Waals surface area contributed by atoms with Gasteiger partial charge in [-0.1, -0.05) is 47.5 Å². The van der Waals surface area contributed by atoms with Crippen LogP contribution in [0.15, 0.2) is 77.7 Å². The standard InChI is InChI=1S/C22H21ClN2O3S/c1-16-8-11-19(12-9-16)24-22(26)15-25(21-13-10-18(23)14-17(21)2)29(27,28)20-6-4-3-5-7-20/h3-14H,15H2,1-2H3,(H,24,26). The van der Waals surface area contributed by atoms with Gasteiger partial charge in [-0.3, -0.25) is 9.10 Å². The van der Waals surface area contributed by atoms with E-state index in [-0.39, 0.29) is 11.4 Å². The van der Waals surface area contributed by atoms with E-state index in [1.165, 1.54) is 12.1 Å². The Bertz CT molecular complexity index is 1110. The maximum absolute atomic E-state index is 13.3. The second-order valence-electron chi connectivity index (χ2n) is 6.67. The summed E-state index contributed by atoms with van der Waals surface area (Å²) in [6, 6.07) is 20.2. The first kappa shape index (κ1) is 20.9. The summed E-state index contributed by atoms with van der Waals surface area (Å²) in [7, 11) is -3.95. The number of hydrogen-bond acceptors (Lipinski definition) is 3. The molecule has 1 amide bonds. The number of amides is 1. The van der Waals surface area contributed by atoms with E-state index in [0.717, 1.165) is 9.87 Å². The zero-order valence-electron chi connectivity index (χ0n) is 16.1. The second kappa shape index (κ2) is 8.68. The molecule has 0 aliphatic rings. The number of nitrogens with zero attached hydrogens (tertiary/aromatic N) is 1. The Morgan fingerprint density at radius 1 is 0.966 bits per heavy atom.